The van der Waals surface area contributed by atoms with Crippen molar-refractivity contribution >= 4 is 11.5 Å². The molecule has 0 spiro atoms. The molecule has 0 radical (unpaired) electrons. The Morgan fingerprint density at radius 1 is 1.12 bits per heavy atom. The van der Waals surface area contributed by atoms with Crippen LogP contribution >= 0.6 is 0 Å². The topological polar surface area (TPSA) is 32.3 Å². The molecule has 1 aliphatic rings. The van der Waals surface area contributed by atoms with Gasteiger partial charge in [-0.25, -0.2) is 0 Å². The van der Waals surface area contributed by atoms with E-state index in [9.17, 15) is 4.79 Å². The Labute approximate surface area is 144 Å². The third-order valence-corrected chi connectivity index (χ3v) is 4.65. The minimum atomic E-state index is 0.202. The van der Waals surface area contributed by atoms with Gasteiger partial charge in [0.2, 0.25) is 0 Å². The second-order valence-electron chi connectivity index (χ2n) is 6.56. The van der Waals surface area contributed by atoms with Crippen LogP contribution in [0.2, 0.25) is 0 Å². The molecule has 126 valence electrons. The predicted octanol–water partition coefficient (Wildman–Crippen LogP) is 4.36. The highest BCUT2D eigenvalue weighted by molar-refractivity contribution is 5.96. The molecule has 0 aliphatic carbocycles. The first kappa shape index (κ1) is 16.7. The van der Waals surface area contributed by atoms with Gasteiger partial charge in [0.15, 0.2) is 5.78 Å². The first-order valence-electron chi connectivity index (χ1n) is 8.90. The fraction of sp³-hybridized carbons (Fsp3) is 0.381. The van der Waals surface area contributed by atoms with Gasteiger partial charge in [-0.05, 0) is 49.2 Å². The smallest absolute Gasteiger partial charge is 0.162 e. The van der Waals surface area contributed by atoms with E-state index < -0.39 is 0 Å². The van der Waals surface area contributed by atoms with E-state index in [-0.39, 0.29) is 5.78 Å². The molecule has 1 unspecified atom stereocenters. The van der Waals surface area contributed by atoms with Crippen LogP contribution in [-0.4, -0.2) is 29.8 Å². The van der Waals surface area contributed by atoms with Crippen molar-refractivity contribution in [3.05, 3.63) is 65.7 Å². The number of anilines is 1. The molecule has 0 bridgehead atoms. The van der Waals surface area contributed by atoms with Crippen LogP contribution in [0.25, 0.3) is 0 Å². The lowest BCUT2D eigenvalue weighted by Gasteiger charge is -2.33. The average Bonchev–Trinajstić information content (AvgIpc) is 2.63. The first-order chi connectivity index (χ1) is 11.7. The lowest BCUT2D eigenvalue weighted by atomic mass is 10.0. The number of nitrogens with one attached hydrogen (secondary N) is 1. The van der Waals surface area contributed by atoms with E-state index in [2.05, 4.69) is 40.5 Å². The summed E-state index contributed by atoms with van der Waals surface area (Å²) in [5.74, 6) is 0.202. The molecule has 1 saturated heterocycles. The number of likely N-dealkylation sites (tertiary alicyclic amines) is 1. The third kappa shape index (κ3) is 4.45. The van der Waals surface area contributed by atoms with Gasteiger partial charge >= 0.3 is 0 Å². The van der Waals surface area contributed by atoms with Crippen molar-refractivity contribution in [3.63, 3.8) is 0 Å². The quantitative estimate of drug-likeness (QED) is 0.802. The molecule has 3 heteroatoms. The van der Waals surface area contributed by atoms with Gasteiger partial charge in [-0.15, -0.1) is 0 Å². The maximum Gasteiger partial charge on any atom is 0.162 e. The van der Waals surface area contributed by atoms with Crippen LogP contribution in [0.3, 0.4) is 0 Å². The number of ketones is 1. The van der Waals surface area contributed by atoms with Crippen LogP contribution in [0.4, 0.5) is 5.69 Å². The summed E-state index contributed by atoms with van der Waals surface area (Å²) >= 11 is 0. The Morgan fingerprint density at radius 3 is 2.58 bits per heavy atom. The highest BCUT2D eigenvalue weighted by atomic mass is 16.1. The molecule has 3 rings (SSSR count). The number of rotatable bonds is 6. The molecule has 24 heavy (non-hydrogen) atoms. The van der Waals surface area contributed by atoms with Crippen molar-refractivity contribution in [2.24, 2.45) is 0 Å². The zero-order valence-electron chi connectivity index (χ0n) is 14.4. The molecule has 1 fully saturated rings. The van der Waals surface area contributed by atoms with Crippen molar-refractivity contribution in [2.75, 3.05) is 18.4 Å². The van der Waals surface area contributed by atoms with Crippen LogP contribution in [0, 0.1) is 0 Å². The molecule has 0 amide bonds. The summed E-state index contributed by atoms with van der Waals surface area (Å²) in [7, 11) is 0. The number of benzene rings is 2. The van der Waals surface area contributed by atoms with E-state index in [0.29, 0.717) is 12.5 Å². The van der Waals surface area contributed by atoms with Crippen molar-refractivity contribution in [3.8, 4) is 0 Å². The van der Waals surface area contributed by atoms with Crippen LogP contribution in [0.5, 0.6) is 0 Å². The van der Waals surface area contributed by atoms with Crippen LogP contribution in [0.1, 0.15) is 42.1 Å². The zero-order valence-corrected chi connectivity index (χ0v) is 14.4. The number of hydrogen-bond acceptors (Lipinski definition) is 3. The molecule has 2 aromatic rings. The number of Topliss-reactive ketones (excluding diaryl/α,β-unsaturated/α-hetero) is 1. The second-order valence-corrected chi connectivity index (χ2v) is 6.56. The fourth-order valence-electron chi connectivity index (χ4n) is 3.35. The van der Waals surface area contributed by atoms with E-state index in [1.165, 1.54) is 18.4 Å². The molecule has 3 nitrogen and oxygen atoms in total. The van der Waals surface area contributed by atoms with Crippen molar-refractivity contribution < 1.29 is 4.79 Å². The first-order valence-corrected chi connectivity index (χ1v) is 8.90. The van der Waals surface area contributed by atoms with Crippen molar-refractivity contribution in [1.29, 1.82) is 0 Å². The largest absolute Gasteiger partial charge is 0.381 e. The SMILES string of the molecule is CCC(=O)c1ccc(NC2CCCN(Cc3ccccc3)C2)cc1. The monoisotopic (exact) mass is 322 g/mol. The Hall–Kier alpha value is -2.13. The molecule has 0 aromatic heterocycles. The predicted molar refractivity (Wildman–Crippen MR) is 99.4 cm³/mol. The van der Waals surface area contributed by atoms with E-state index in [4.69, 9.17) is 0 Å². The van der Waals surface area contributed by atoms with Gasteiger partial charge in [-0.1, -0.05) is 37.3 Å². The molecule has 0 saturated carbocycles. The number of carbonyl (C=O) groups is 1. The van der Waals surface area contributed by atoms with Gasteiger partial charge < -0.3 is 5.32 Å². The van der Waals surface area contributed by atoms with Gasteiger partial charge in [0.05, 0.1) is 0 Å². The standard InChI is InChI=1S/C21H26N2O/c1-2-21(24)18-10-12-19(13-11-18)22-20-9-6-14-23(16-20)15-17-7-4-3-5-8-17/h3-5,7-8,10-13,20,22H,2,6,9,14-16H2,1H3. The Morgan fingerprint density at radius 2 is 1.88 bits per heavy atom. The Balaban J connectivity index is 1.56. The molecule has 1 aliphatic heterocycles. The maximum atomic E-state index is 11.7. The van der Waals surface area contributed by atoms with Gasteiger partial charge in [0, 0.05) is 36.8 Å². The number of carbonyl (C=O) groups excluding carboxylic acids is 1. The highest BCUT2D eigenvalue weighted by Crippen LogP contribution is 2.19. The van der Waals surface area contributed by atoms with Crippen molar-refractivity contribution in [2.45, 2.75) is 38.8 Å². The fourth-order valence-corrected chi connectivity index (χ4v) is 3.35. The summed E-state index contributed by atoms with van der Waals surface area (Å²) in [6.07, 6.45) is 2.97. The molecule has 1 N–H and O–H groups in total. The van der Waals surface area contributed by atoms with Gasteiger partial charge in [-0.3, -0.25) is 9.69 Å². The minimum absolute atomic E-state index is 0.202. The summed E-state index contributed by atoms with van der Waals surface area (Å²) in [6.45, 7) is 5.14. The lowest BCUT2D eigenvalue weighted by molar-refractivity contribution is 0.0988. The highest BCUT2D eigenvalue weighted by Gasteiger charge is 2.19. The number of piperidine rings is 1. The van der Waals surface area contributed by atoms with Gasteiger partial charge in [-0.2, -0.15) is 0 Å². The van der Waals surface area contributed by atoms with E-state index in [1.807, 2.05) is 31.2 Å². The summed E-state index contributed by atoms with van der Waals surface area (Å²) < 4.78 is 0. The Bertz CT molecular complexity index is 651. The normalized spacial score (nSPS) is 18.3. The molecular formula is C21H26N2O. The second kappa shape index (κ2) is 8.11. The summed E-state index contributed by atoms with van der Waals surface area (Å²) in [4.78, 5) is 14.2. The van der Waals surface area contributed by atoms with Crippen molar-refractivity contribution in [1.82, 2.24) is 4.90 Å². The van der Waals surface area contributed by atoms with Gasteiger partial charge in [0.1, 0.15) is 0 Å². The molecular weight excluding hydrogens is 296 g/mol. The van der Waals surface area contributed by atoms with E-state index in [0.717, 1.165) is 30.9 Å². The summed E-state index contributed by atoms with van der Waals surface area (Å²) in [5.41, 5.74) is 3.28. The molecule has 1 atom stereocenters. The maximum absolute atomic E-state index is 11.7. The lowest BCUT2D eigenvalue weighted by Crippen LogP contribution is -2.41. The van der Waals surface area contributed by atoms with Crippen LogP contribution in [0.15, 0.2) is 54.6 Å². The summed E-state index contributed by atoms with van der Waals surface area (Å²) in [5, 5.41) is 3.63. The zero-order chi connectivity index (χ0) is 16.8. The number of hydrogen-bond donors (Lipinski definition) is 1. The van der Waals surface area contributed by atoms with E-state index in [1.54, 1.807) is 0 Å². The van der Waals surface area contributed by atoms with Crippen LogP contribution < -0.4 is 5.32 Å². The average molecular weight is 322 g/mol. The molecule has 1 heterocycles. The Kier molecular flexibility index (Phi) is 5.65. The minimum Gasteiger partial charge on any atom is -0.381 e. The summed E-state index contributed by atoms with van der Waals surface area (Å²) in [6, 6.07) is 19.0. The van der Waals surface area contributed by atoms with Gasteiger partial charge in [0.25, 0.3) is 0 Å². The molecule has 2 aromatic carbocycles. The number of nitrogens with zero attached hydrogens (tertiary/aromatic N) is 1. The van der Waals surface area contributed by atoms with Crippen LogP contribution in [-0.2, 0) is 6.54 Å². The van der Waals surface area contributed by atoms with E-state index >= 15 is 0 Å². The third-order valence-electron chi connectivity index (χ3n) is 4.65.